The normalized spacial score (nSPS) is 23.0. The molecule has 2 atom stereocenters. The second-order valence-electron chi connectivity index (χ2n) is 4.33. The highest BCUT2D eigenvalue weighted by molar-refractivity contribution is 5.80. The number of nitrogens with zero attached hydrogens (tertiary/aromatic N) is 2. The lowest BCUT2D eigenvalue weighted by atomic mass is 10.2. The van der Waals surface area contributed by atoms with Crippen LogP contribution in [0.25, 0.3) is 0 Å². The summed E-state index contributed by atoms with van der Waals surface area (Å²) in [5.74, 6) is 4.72. The van der Waals surface area contributed by atoms with Crippen molar-refractivity contribution in [2.75, 3.05) is 0 Å². The molecule has 3 N–H and O–H groups in total. The number of hydrogen-bond donors (Lipinski definition) is 2. The molecule has 0 saturated carbocycles. The molecular formula is C11H16N4O3. The molecule has 2 heterocycles. The number of hydrazine groups is 1. The van der Waals surface area contributed by atoms with Crippen molar-refractivity contribution >= 4 is 5.91 Å². The van der Waals surface area contributed by atoms with Gasteiger partial charge in [-0.25, -0.2) is 10.5 Å². The summed E-state index contributed by atoms with van der Waals surface area (Å²) in [5, 5.41) is 4.13. The maximum absolute atomic E-state index is 11.6. The molecule has 1 aliphatic rings. The van der Waals surface area contributed by atoms with Crippen molar-refractivity contribution in [3.05, 3.63) is 28.2 Å². The zero-order chi connectivity index (χ0) is 13.1. The molecule has 1 saturated heterocycles. The van der Waals surface area contributed by atoms with E-state index in [4.69, 9.17) is 10.6 Å². The summed E-state index contributed by atoms with van der Waals surface area (Å²) in [6, 6.07) is 3.14. The van der Waals surface area contributed by atoms with Gasteiger partial charge in [-0.15, -0.1) is 0 Å². The summed E-state index contributed by atoms with van der Waals surface area (Å²) in [6.07, 6.45) is 0.605. The highest BCUT2D eigenvalue weighted by Crippen LogP contribution is 2.20. The number of carbonyl (C=O) groups excluding carboxylic acids is 1. The smallest absolute Gasteiger partial charge is 0.266 e. The zero-order valence-corrected chi connectivity index (χ0v) is 10.1. The molecule has 1 aromatic rings. The van der Waals surface area contributed by atoms with Crippen molar-refractivity contribution in [2.24, 2.45) is 5.84 Å². The summed E-state index contributed by atoms with van der Waals surface area (Å²) in [5.41, 5.74) is 2.66. The lowest BCUT2D eigenvalue weighted by Gasteiger charge is -2.13. The van der Waals surface area contributed by atoms with Gasteiger partial charge in [0.1, 0.15) is 6.10 Å². The molecule has 0 aliphatic carbocycles. The van der Waals surface area contributed by atoms with Gasteiger partial charge in [-0.3, -0.25) is 15.0 Å². The number of nitrogens with one attached hydrogen (secondary N) is 1. The Balaban J connectivity index is 2.01. The second-order valence-corrected chi connectivity index (χ2v) is 4.33. The molecule has 1 amide bonds. The Bertz CT molecular complexity index is 499. The Morgan fingerprint density at radius 3 is 3.11 bits per heavy atom. The van der Waals surface area contributed by atoms with Crippen LogP contribution in [-0.4, -0.2) is 27.9 Å². The van der Waals surface area contributed by atoms with Crippen LogP contribution in [0.15, 0.2) is 16.9 Å². The van der Waals surface area contributed by atoms with Crippen molar-refractivity contribution in [3.8, 4) is 0 Å². The van der Waals surface area contributed by atoms with Gasteiger partial charge in [0, 0.05) is 6.07 Å². The lowest BCUT2D eigenvalue weighted by Crippen LogP contribution is -2.39. The summed E-state index contributed by atoms with van der Waals surface area (Å²) in [4.78, 5) is 22.9. The van der Waals surface area contributed by atoms with Crippen molar-refractivity contribution in [3.63, 3.8) is 0 Å². The third-order valence-corrected chi connectivity index (χ3v) is 2.92. The zero-order valence-electron chi connectivity index (χ0n) is 10.1. The van der Waals surface area contributed by atoms with Gasteiger partial charge in [-0.2, -0.15) is 5.10 Å². The predicted octanol–water partition coefficient (Wildman–Crippen LogP) is -0.911. The first-order valence-corrected chi connectivity index (χ1v) is 5.81. The van der Waals surface area contributed by atoms with Crippen LogP contribution in [0.4, 0.5) is 0 Å². The van der Waals surface area contributed by atoms with E-state index in [1.54, 1.807) is 6.07 Å². The lowest BCUT2D eigenvalue weighted by molar-refractivity contribution is -0.132. The van der Waals surface area contributed by atoms with E-state index in [1.165, 1.54) is 10.7 Å². The Hall–Kier alpha value is -1.73. The first-order valence-electron chi connectivity index (χ1n) is 5.81. The van der Waals surface area contributed by atoms with Crippen LogP contribution in [0.3, 0.4) is 0 Å². The van der Waals surface area contributed by atoms with Gasteiger partial charge in [0.05, 0.1) is 18.3 Å². The quantitative estimate of drug-likeness (QED) is 0.412. The van der Waals surface area contributed by atoms with Crippen molar-refractivity contribution in [1.82, 2.24) is 15.2 Å². The minimum absolute atomic E-state index is 0.170. The molecule has 0 spiro atoms. The number of aromatic nitrogens is 2. The number of hydrogen-bond acceptors (Lipinski definition) is 5. The molecule has 18 heavy (non-hydrogen) atoms. The van der Waals surface area contributed by atoms with E-state index in [9.17, 15) is 9.59 Å². The average Bonchev–Trinajstić information content (AvgIpc) is 2.81. The summed E-state index contributed by atoms with van der Waals surface area (Å²) >= 11 is 0. The van der Waals surface area contributed by atoms with Gasteiger partial charge in [-0.1, -0.05) is 0 Å². The van der Waals surface area contributed by atoms with Crippen LogP contribution in [0, 0.1) is 6.92 Å². The third-order valence-electron chi connectivity index (χ3n) is 2.92. The maximum Gasteiger partial charge on any atom is 0.266 e. The number of amides is 1. The molecule has 7 heteroatoms. The van der Waals surface area contributed by atoms with Crippen LogP contribution in [0.1, 0.15) is 18.5 Å². The first-order chi connectivity index (χ1) is 8.60. The Morgan fingerprint density at radius 1 is 1.61 bits per heavy atom. The van der Waals surface area contributed by atoms with E-state index in [1.807, 2.05) is 6.92 Å². The van der Waals surface area contributed by atoms with Gasteiger partial charge in [0.2, 0.25) is 0 Å². The number of nitrogens with two attached hydrogens (primary N) is 1. The highest BCUT2D eigenvalue weighted by Gasteiger charge is 2.30. The molecule has 2 unspecified atom stereocenters. The molecule has 0 radical (unpaired) electrons. The van der Waals surface area contributed by atoms with E-state index in [-0.39, 0.29) is 17.6 Å². The third kappa shape index (κ3) is 2.74. The van der Waals surface area contributed by atoms with Gasteiger partial charge in [-0.05, 0) is 25.8 Å². The molecule has 1 fully saturated rings. The van der Waals surface area contributed by atoms with E-state index in [0.29, 0.717) is 19.4 Å². The number of ether oxygens (including phenoxy) is 1. The molecule has 7 nitrogen and oxygen atoms in total. The first kappa shape index (κ1) is 12.7. The SMILES string of the molecule is Cc1ccc(=O)n(CC2CCC(C(=O)NN)O2)n1. The average molecular weight is 252 g/mol. The summed E-state index contributed by atoms with van der Waals surface area (Å²) < 4.78 is 6.88. The minimum Gasteiger partial charge on any atom is -0.363 e. The Labute approximate surface area is 104 Å². The summed E-state index contributed by atoms with van der Waals surface area (Å²) in [6.45, 7) is 2.17. The molecule has 0 aromatic carbocycles. The van der Waals surface area contributed by atoms with Gasteiger partial charge < -0.3 is 4.74 Å². The van der Waals surface area contributed by atoms with Gasteiger partial charge >= 0.3 is 0 Å². The monoisotopic (exact) mass is 252 g/mol. The van der Waals surface area contributed by atoms with Crippen LogP contribution in [0.2, 0.25) is 0 Å². The van der Waals surface area contributed by atoms with Crippen LogP contribution >= 0.6 is 0 Å². The summed E-state index contributed by atoms with van der Waals surface area (Å²) in [7, 11) is 0. The fraction of sp³-hybridized carbons (Fsp3) is 0.545. The van der Waals surface area contributed by atoms with Gasteiger partial charge in [0.25, 0.3) is 11.5 Å². The van der Waals surface area contributed by atoms with Crippen LogP contribution in [-0.2, 0) is 16.1 Å². The Kier molecular flexibility index (Phi) is 3.73. The number of carbonyl (C=O) groups is 1. The molecule has 1 aromatic heterocycles. The topological polar surface area (TPSA) is 99.2 Å². The Morgan fingerprint density at radius 2 is 2.39 bits per heavy atom. The van der Waals surface area contributed by atoms with Crippen molar-refractivity contribution in [2.45, 2.75) is 38.5 Å². The molecule has 98 valence electrons. The van der Waals surface area contributed by atoms with Crippen molar-refractivity contribution < 1.29 is 9.53 Å². The molecule has 1 aliphatic heterocycles. The second kappa shape index (κ2) is 5.28. The molecule has 0 bridgehead atoms. The molecular weight excluding hydrogens is 236 g/mol. The van der Waals surface area contributed by atoms with Crippen LogP contribution in [0.5, 0.6) is 0 Å². The van der Waals surface area contributed by atoms with E-state index in [0.717, 1.165) is 5.69 Å². The minimum atomic E-state index is -0.527. The largest absolute Gasteiger partial charge is 0.363 e. The molecule has 2 rings (SSSR count). The predicted molar refractivity (Wildman–Crippen MR) is 63.5 cm³/mol. The fourth-order valence-corrected chi connectivity index (χ4v) is 2.00. The van der Waals surface area contributed by atoms with Gasteiger partial charge in [0.15, 0.2) is 0 Å². The number of rotatable bonds is 3. The van der Waals surface area contributed by atoms with E-state index in [2.05, 4.69) is 10.5 Å². The maximum atomic E-state index is 11.6. The van der Waals surface area contributed by atoms with Crippen molar-refractivity contribution in [1.29, 1.82) is 0 Å². The van der Waals surface area contributed by atoms with E-state index < -0.39 is 6.10 Å². The standard InChI is InChI=1S/C11H16N4O3/c1-7-2-5-10(16)15(14-7)6-8-3-4-9(18-8)11(17)13-12/h2,5,8-9H,3-4,6,12H2,1H3,(H,13,17). The fourth-order valence-electron chi connectivity index (χ4n) is 2.00. The van der Waals surface area contributed by atoms with Crippen LogP contribution < -0.4 is 16.8 Å². The number of aryl methyl sites for hydroxylation is 1. The van der Waals surface area contributed by atoms with E-state index >= 15 is 0 Å². The highest BCUT2D eigenvalue weighted by atomic mass is 16.5.